The Morgan fingerprint density at radius 1 is 0.577 bits per heavy atom. The molecule has 0 N–H and O–H groups in total. The molecule has 2 aliphatic heterocycles. The summed E-state index contributed by atoms with van der Waals surface area (Å²) in [6.45, 7) is 0. The Balaban J connectivity index is 1.91. The molecule has 26 heavy (non-hydrogen) atoms. The summed E-state index contributed by atoms with van der Waals surface area (Å²) in [7, 11) is 0. The van der Waals surface area contributed by atoms with Crippen molar-refractivity contribution in [3.63, 3.8) is 0 Å². The van der Waals surface area contributed by atoms with Gasteiger partial charge in [-0.05, 0) is 12.1 Å². The van der Waals surface area contributed by atoms with Gasteiger partial charge in [0.1, 0.15) is 0 Å². The third-order valence-electron chi connectivity index (χ3n) is 3.73. The number of Topliss-reactive ketones (excluding diaryl/α,β-unsaturated/α-hetero) is 2. The van der Waals surface area contributed by atoms with E-state index in [0.717, 1.165) is 23.5 Å². The SMILES string of the molecule is O=C1/C(=C2\Sc3c(Cl)cc(Cl)c(Cl)c3C2=O)Sc2c(Cl)cc(Cl)c(Cl)c21. The van der Waals surface area contributed by atoms with Crippen molar-refractivity contribution in [2.75, 3.05) is 0 Å². The molecule has 2 aliphatic rings. The Bertz CT molecular complexity index is 1010. The average molecular weight is 503 g/mol. The number of rotatable bonds is 0. The number of ketones is 2. The van der Waals surface area contributed by atoms with Crippen LogP contribution in [-0.4, -0.2) is 11.6 Å². The van der Waals surface area contributed by atoms with E-state index in [4.69, 9.17) is 69.6 Å². The number of thioether (sulfide) groups is 2. The van der Waals surface area contributed by atoms with E-state index in [1.165, 1.54) is 12.1 Å². The summed E-state index contributed by atoms with van der Waals surface area (Å²) in [5.41, 5.74) is 0.382. The first-order valence-corrected chi connectivity index (χ1v) is 10.7. The highest BCUT2D eigenvalue weighted by Gasteiger charge is 2.40. The number of hydrogen-bond acceptors (Lipinski definition) is 4. The summed E-state index contributed by atoms with van der Waals surface area (Å²) in [6, 6.07) is 2.92. The van der Waals surface area contributed by atoms with Crippen LogP contribution in [0.5, 0.6) is 0 Å². The largest absolute Gasteiger partial charge is 0.288 e. The molecule has 10 heteroatoms. The van der Waals surface area contributed by atoms with E-state index >= 15 is 0 Å². The lowest BCUT2D eigenvalue weighted by atomic mass is 10.1. The summed E-state index contributed by atoms with van der Waals surface area (Å²) in [6.07, 6.45) is 0. The molecule has 2 aromatic rings. The fourth-order valence-electron chi connectivity index (χ4n) is 2.59. The number of fused-ring (bicyclic) bond motifs is 2. The van der Waals surface area contributed by atoms with Crippen molar-refractivity contribution >= 4 is 105 Å². The van der Waals surface area contributed by atoms with Crippen molar-refractivity contribution in [1.29, 1.82) is 0 Å². The normalized spacial score (nSPS) is 18.5. The van der Waals surface area contributed by atoms with Gasteiger partial charge >= 0.3 is 0 Å². The molecule has 0 amide bonds. The average Bonchev–Trinajstić information content (AvgIpc) is 3.09. The molecular weight excluding hydrogens is 501 g/mol. The number of hydrogen-bond donors (Lipinski definition) is 0. The summed E-state index contributed by atoms with van der Waals surface area (Å²) in [4.78, 5) is 27.2. The fourth-order valence-corrected chi connectivity index (χ4v) is 6.65. The molecule has 0 unspecified atom stereocenters. The Labute approximate surface area is 186 Å². The summed E-state index contributed by atoms with van der Waals surface area (Å²) >= 11 is 38.9. The maximum Gasteiger partial charge on any atom is 0.203 e. The van der Waals surface area contributed by atoms with Crippen LogP contribution in [0.15, 0.2) is 31.7 Å². The second-order valence-electron chi connectivity index (χ2n) is 5.24. The van der Waals surface area contributed by atoms with E-state index in [9.17, 15) is 9.59 Å². The predicted molar refractivity (Wildman–Crippen MR) is 110 cm³/mol. The fraction of sp³-hybridized carbons (Fsp3) is 0. The number of allylic oxidation sites excluding steroid dienone is 2. The molecule has 2 aromatic carbocycles. The van der Waals surface area contributed by atoms with E-state index in [2.05, 4.69) is 0 Å². The molecule has 2 nitrogen and oxygen atoms in total. The van der Waals surface area contributed by atoms with Gasteiger partial charge in [0, 0.05) is 9.79 Å². The number of benzene rings is 2. The minimum Gasteiger partial charge on any atom is -0.288 e. The molecule has 0 spiro atoms. The van der Waals surface area contributed by atoms with Gasteiger partial charge in [0.15, 0.2) is 0 Å². The lowest BCUT2D eigenvalue weighted by molar-refractivity contribution is 0.101. The quantitative estimate of drug-likeness (QED) is 0.269. The van der Waals surface area contributed by atoms with Crippen LogP contribution in [0.1, 0.15) is 20.7 Å². The van der Waals surface area contributed by atoms with Crippen molar-refractivity contribution in [2.24, 2.45) is 0 Å². The molecule has 0 aliphatic carbocycles. The second kappa shape index (κ2) is 6.78. The van der Waals surface area contributed by atoms with Crippen LogP contribution in [0, 0.1) is 0 Å². The predicted octanol–water partition coefficient (Wildman–Crippen LogP) is 8.10. The van der Waals surface area contributed by atoms with Crippen LogP contribution in [0.2, 0.25) is 30.1 Å². The van der Waals surface area contributed by atoms with Crippen molar-refractivity contribution < 1.29 is 9.59 Å². The molecular formula is C16H2Cl6O2S2. The smallest absolute Gasteiger partial charge is 0.203 e. The molecule has 0 saturated carbocycles. The van der Waals surface area contributed by atoms with E-state index in [1.54, 1.807) is 0 Å². The van der Waals surface area contributed by atoms with Gasteiger partial charge in [-0.2, -0.15) is 0 Å². The standard InChI is InChI=1S/C16H2Cl6O2S2/c17-3-1-5(19)13-7(9(3)21)11(23)15(25-13)16-12(24)8-10(22)4(18)2-6(20)14(8)26-16/h1-2H/b16-15+. The lowest BCUT2D eigenvalue weighted by Crippen LogP contribution is -2.03. The lowest BCUT2D eigenvalue weighted by Gasteiger charge is -2.03. The monoisotopic (exact) mass is 500 g/mol. The van der Waals surface area contributed by atoms with Crippen molar-refractivity contribution in [1.82, 2.24) is 0 Å². The van der Waals surface area contributed by atoms with Crippen LogP contribution in [-0.2, 0) is 0 Å². The molecule has 2 heterocycles. The highest BCUT2D eigenvalue weighted by atomic mass is 35.5. The van der Waals surface area contributed by atoms with Crippen molar-refractivity contribution in [3.05, 3.63) is 63.2 Å². The van der Waals surface area contributed by atoms with Crippen molar-refractivity contribution in [3.8, 4) is 0 Å². The minimum atomic E-state index is -0.415. The van der Waals surface area contributed by atoms with Gasteiger partial charge in [0.25, 0.3) is 0 Å². The zero-order chi connectivity index (χ0) is 18.9. The zero-order valence-electron chi connectivity index (χ0n) is 12.1. The van der Waals surface area contributed by atoms with Gasteiger partial charge in [-0.1, -0.05) is 93.1 Å². The van der Waals surface area contributed by atoms with E-state index in [0.29, 0.717) is 9.79 Å². The third kappa shape index (κ3) is 2.73. The molecule has 0 saturated heterocycles. The summed E-state index contributed by atoms with van der Waals surface area (Å²) in [5, 5.41) is 1.12. The van der Waals surface area contributed by atoms with Crippen LogP contribution >= 0.6 is 93.1 Å². The van der Waals surface area contributed by atoms with Gasteiger partial charge in [-0.25, -0.2) is 0 Å². The van der Waals surface area contributed by atoms with Crippen LogP contribution in [0.25, 0.3) is 0 Å². The molecule has 0 bridgehead atoms. The van der Waals surface area contributed by atoms with E-state index < -0.39 is 11.6 Å². The molecule has 0 aromatic heterocycles. The number of halogens is 6. The second-order valence-corrected chi connectivity index (χ2v) is 9.66. The molecule has 0 fully saturated rings. The topological polar surface area (TPSA) is 34.1 Å². The van der Waals surface area contributed by atoms with Gasteiger partial charge in [0.05, 0.1) is 51.1 Å². The minimum absolute atomic E-state index is 0.103. The van der Waals surface area contributed by atoms with Crippen LogP contribution in [0.4, 0.5) is 0 Å². The Hall–Kier alpha value is -0.0400. The van der Waals surface area contributed by atoms with Gasteiger partial charge in [0.2, 0.25) is 11.6 Å². The van der Waals surface area contributed by atoms with Gasteiger partial charge in [-0.3, -0.25) is 9.59 Å². The molecule has 0 radical (unpaired) electrons. The first-order valence-electron chi connectivity index (χ1n) is 6.76. The van der Waals surface area contributed by atoms with Crippen LogP contribution < -0.4 is 0 Å². The van der Waals surface area contributed by atoms with E-state index in [-0.39, 0.29) is 51.1 Å². The summed E-state index contributed by atoms with van der Waals surface area (Å²) in [5.74, 6) is -0.831. The van der Waals surface area contributed by atoms with Gasteiger partial charge < -0.3 is 0 Å². The maximum atomic E-state index is 12.9. The zero-order valence-corrected chi connectivity index (χ0v) is 18.2. The summed E-state index contributed by atoms with van der Waals surface area (Å²) < 4.78 is 0. The highest BCUT2D eigenvalue weighted by molar-refractivity contribution is 8.08. The van der Waals surface area contributed by atoms with Crippen molar-refractivity contribution in [2.45, 2.75) is 9.79 Å². The molecule has 0 atom stereocenters. The molecule has 4 rings (SSSR count). The number of carbonyl (C=O) groups is 2. The Morgan fingerprint density at radius 3 is 1.27 bits per heavy atom. The molecule has 132 valence electrons. The maximum absolute atomic E-state index is 12.9. The highest BCUT2D eigenvalue weighted by Crippen LogP contribution is 2.56. The van der Waals surface area contributed by atoms with Crippen LogP contribution in [0.3, 0.4) is 0 Å². The van der Waals surface area contributed by atoms with Gasteiger partial charge in [-0.15, -0.1) is 0 Å². The van der Waals surface area contributed by atoms with E-state index in [1.807, 2.05) is 0 Å². The first-order chi connectivity index (χ1) is 12.2. The Kier molecular flexibility index (Phi) is 5.03. The third-order valence-corrected chi connectivity index (χ3v) is 8.70. The Morgan fingerprint density at radius 2 is 0.923 bits per heavy atom. The first kappa shape index (κ1) is 19.3. The number of carbonyl (C=O) groups excluding carboxylic acids is 2.